The van der Waals surface area contributed by atoms with Crippen LogP contribution in [0.1, 0.15) is 22.4 Å². The van der Waals surface area contributed by atoms with Gasteiger partial charge in [-0.05, 0) is 25.5 Å². The number of fused-ring (bicyclic) bond motifs is 1. The number of hydrogen-bond acceptors (Lipinski definition) is 3. The second-order valence-electron chi connectivity index (χ2n) is 5.39. The zero-order valence-corrected chi connectivity index (χ0v) is 12.8. The predicted octanol–water partition coefficient (Wildman–Crippen LogP) is 1.07. The minimum atomic E-state index is -3.58. The molecule has 0 fully saturated rings. The first-order chi connectivity index (χ1) is 9.89. The largest absolute Gasteiger partial charge is 0.302 e. The lowest BCUT2D eigenvalue weighted by Crippen LogP contribution is -2.37. The number of sulfonamides is 1. The number of benzene rings is 1. The number of rotatable bonds is 2. The van der Waals surface area contributed by atoms with Crippen LogP contribution in [0.5, 0.6) is 0 Å². The fourth-order valence-corrected chi connectivity index (χ4v) is 4.34. The number of aryl methyl sites for hydroxylation is 2. The molecule has 0 amide bonds. The number of nitrogens with one attached hydrogen (secondary N) is 2. The van der Waals surface area contributed by atoms with Crippen LogP contribution in [0.4, 0.5) is 0 Å². The van der Waals surface area contributed by atoms with Gasteiger partial charge in [-0.3, -0.25) is 9.89 Å². The molecule has 2 N–H and O–H groups in total. The summed E-state index contributed by atoms with van der Waals surface area (Å²) >= 11 is 0. The van der Waals surface area contributed by atoms with Crippen LogP contribution in [0.15, 0.2) is 27.9 Å². The van der Waals surface area contributed by atoms with Gasteiger partial charge < -0.3 is 5.10 Å². The van der Waals surface area contributed by atoms with Crippen LogP contribution in [0.3, 0.4) is 0 Å². The summed E-state index contributed by atoms with van der Waals surface area (Å²) in [7, 11) is -3.58. The molecule has 21 heavy (non-hydrogen) atoms. The van der Waals surface area contributed by atoms with Crippen LogP contribution >= 0.6 is 0 Å². The van der Waals surface area contributed by atoms with Crippen molar-refractivity contribution in [3.63, 3.8) is 0 Å². The molecule has 2 aromatic rings. The normalized spacial score (nSPS) is 15.9. The Hall–Kier alpha value is -1.86. The van der Waals surface area contributed by atoms with Crippen LogP contribution in [0, 0.1) is 13.8 Å². The van der Waals surface area contributed by atoms with Gasteiger partial charge in [0.15, 0.2) is 0 Å². The third-order valence-electron chi connectivity index (χ3n) is 3.86. The lowest BCUT2D eigenvalue weighted by molar-refractivity contribution is 0.388. The quantitative estimate of drug-likeness (QED) is 0.870. The summed E-state index contributed by atoms with van der Waals surface area (Å²) in [5, 5.41) is 5.31. The third-order valence-corrected chi connectivity index (χ3v) is 5.86. The summed E-state index contributed by atoms with van der Waals surface area (Å²) in [4.78, 5) is 12.0. The molecule has 0 spiro atoms. The van der Waals surface area contributed by atoms with E-state index in [4.69, 9.17) is 0 Å². The van der Waals surface area contributed by atoms with Crippen LogP contribution in [-0.4, -0.2) is 29.5 Å². The second-order valence-corrected chi connectivity index (χ2v) is 7.30. The summed E-state index contributed by atoms with van der Waals surface area (Å²) in [6.07, 6.45) is 0.512. The first kappa shape index (κ1) is 14.1. The summed E-state index contributed by atoms with van der Waals surface area (Å²) in [5.74, 6) is 0. The van der Waals surface area contributed by atoms with Crippen molar-refractivity contribution in [2.45, 2.75) is 31.7 Å². The summed E-state index contributed by atoms with van der Waals surface area (Å²) in [5.41, 5.74) is 2.81. The molecular weight excluding hydrogens is 290 g/mol. The van der Waals surface area contributed by atoms with Gasteiger partial charge in [-0.2, -0.15) is 4.31 Å². The van der Waals surface area contributed by atoms with Crippen molar-refractivity contribution in [1.82, 2.24) is 14.5 Å². The number of aromatic amines is 2. The first-order valence-corrected chi connectivity index (χ1v) is 8.19. The van der Waals surface area contributed by atoms with Crippen LogP contribution in [0.2, 0.25) is 0 Å². The van der Waals surface area contributed by atoms with E-state index >= 15 is 0 Å². The van der Waals surface area contributed by atoms with Crippen molar-refractivity contribution in [2.24, 2.45) is 0 Å². The van der Waals surface area contributed by atoms with Gasteiger partial charge in [0.05, 0.1) is 10.5 Å². The van der Waals surface area contributed by atoms with Gasteiger partial charge in [-0.15, -0.1) is 0 Å². The molecule has 6 nitrogen and oxygen atoms in total. The zero-order valence-electron chi connectivity index (χ0n) is 11.9. The zero-order chi connectivity index (χ0) is 15.2. The number of hydrogen-bond donors (Lipinski definition) is 2. The minimum absolute atomic E-state index is 0.115. The highest BCUT2D eigenvalue weighted by Gasteiger charge is 2.31. The summed E-state index contributed by atoms with van der Waals surface area (Å²) in [6, 6.07) is 5.28. The maximum Gasteiger partial charge on any atom is 0.268 e. The van der Waals surface area contributed by atoms with E-state index in [1.165, 1.54) is 4.31 Å². The lowest BCUT2D eigenvalue weighted by atomic mass is 10.1. The summed E-state index contributed by atoms with van der Waals surface area (Å²) in [6.45, 7) is 4.20. The Labute approximate surface area is 122 Å². The van der Waals surface area contributed by atoms with Gasteiger partial charge in [-0.1, -0.05) is 17.7 Å². The third kappa shape index (κ3) is 2.32. The van der Waals surface area contributed by atoms with E-state index in [1.54, 1.807) is 19.1 Å². The van der Waals surface area contributed by atoms with Crippen molar-refractivity contribution < 1.29 is 8.42 Å². The molecule has 1 aliphatic rings. The monoisotopic (exact) mass is 307 g/mol. The molecule has 3 rings (SSSR count). The molecule has 0 saturated carbocycles. The Morgan fingerprint density at radius 3 is 2.67 bits per heavy atom. The number of H-pyrrole nitrogens is 2. The van der Waals surface area contributed by atoms with E-state index in [-0.39, 0.29) is 12.1 Å². The smallest absolute Gasteiger partial charge is 0.268 e. The molecule has 1 aromatic heterocycles. The van der Waals surface area contributed by atoms with Gasteiger partial charge >= 0.3 is 0 Å². The SMILES string of the molecule is Cc1ccc(S(=O)(=O)N2CCc3[nH][nH]c(=O)c3C2)c(C)c1. The van der Waals surface area contributed by atoms with Crippen molar-refractivity contribution in [3.8, 4) is 0 Å². The van der Waals surface area contributed by atoms with Crippen molar-refractivity contribution in [2.75, 3.05) is 6.54 Å². The maximum atomic E-state index is 12.8. The first-order valence-electron chi connectivity index (χ1n) is 6.75. The molecule has 1 aliphatic heterocycles. The number of aromatic nitrogens is 2. The van der Waals surface area contributed by atoms with E-state index in [0.717, 1.165) is 16.8 Å². The molecule has 0 atom stereocenters. The topological polar surface area (TPSA) is 86.0 Å². The van der Waals surface area contributed by atoms with Crippen molar-refractivity contribution in [1.29, 1.82) is 0 Å². The van der Waals surface area contributed by atoms with Crippen molar-refractivity contribution in [3.05, 3.63) is 50.9 Å². The molecule has 7 heteroatoms. The van der Waals surface area contributed by atoms with E-state index in [2.05, 4.69) is 10.2 Å². The van der Waals surface area contributed by atoms with Crippen LogP contribution in [0.25, 0.3) is 0 Å². The molecule has 112 valence electrons. The van der Waals surface area contributed by atoms with Crippen LogP contribution in [-0.2, 0) is 23.0 Å². The van der Waals surface area contributed by atoms with Gasteiger partial charge in [0.25, 0.3) is 5.56 Å². The van der Waals surface area contributed by atoms with Crippen molar-refractivity contribution >= 4 is 10.0 Å². The standard InChI is InChI=1S/C14H17N3O3S/c1-9-3-4-13(10(2)7-9)21(19,20)17-6-5-12-11(8-17)14(18)16-15-12/h3-4,7H,5-6,8H2,1-2H3,(H2,15,16,18). The van der Waals surface area contributed by atoms with Gasteiger partial charge in [0, 0.05) is 25.2 Å². The molecule has 1 aromatic carbocycles. The molecule has 2 heterocycles. The molecule has 0 bridgehead atoms. The van der Waals surface area contributed by atoms with E-state index < -0.39 is 10.0 Å². The van der Waals surface area contributed by atoms with Gasteiger partial charge in [0.1, 0.15) is 0 Å². The Morgan fingerprint density at radius 1 is 1.19 bits per heavy atom. The minimum Gasteiger partial charge on any atom is -0.302 e. The second kappa shape index (κ2) is 4.85. The van der Waals surface area contributed by atoms with Crippen LogP contribution < -0.4 is 5.56 Å². The Balaban J connectivity index is 2.00. The Kier molecular flexibility index (Phi) is 3.26. The average molecular weight is 307 g/mol. The molecule has 0 aliphatic carbocycles. The highest BCUT2D eigenvalue weighted by Crippen LogP contribution is 2.25. The maximum absolute atomic E-state index is 12.8. The fraction of sp³-hybridized carbons (Fsp3) is 0.357. The van der Waals surface area contributed by atoms with E-state index in [9.17, 15) is 13.2 Å². The van der Waals surface area contributed by atoms with E-state index in [0.29, 0.717) is 23.4 Å². The number of nitrogens with zero attached hydrogens (tertiary/aromatic N) is 1. The molecule has 0 saturated heterocycles. The Bertz CT molecular complexity index is 849. The van der Waals surface area contributed by atoms with Gasteiger partial charge in [0.2, 0.25) is 10.0 Å². The highest BCUT2D eigenvalue weighted by molar-refractivity contribution is 7.89. The molecule has 0 unspecified atom stereocenters. The molecular formula is C14H17N3O3S. The Morgan fingerprint density at radius 2 is 1.95 bits per heavy atom. The fourth-order valence-electron chi connectivity index (χ4n) is 2.73. The highest BCUT2D eigenvalue weighted by atomic mass is 32.2. The molecule has 0 radical (unpaired) electrons. The summed E-state index contributed by atoms with van der Waals surface area (Å²) < 4.78 is 26.9. The van der Waals surface area contributed by atoms with Gasteiger partial charge in [-0.25, -0.2) is 8.42 Å². The average Bonchev–Trinajstić information content (AvgIpc) is 2.79. The lowest BCUT2D eigenvalue weighted by Gasteiger charge is -2.26. The predicted molar refractivity (Wildman–Crippen MR) is 78.6 cm³/mol. The van der Waals surface area contributed by atoms with E-state index in [1.807, 2.05) is 13.0 Å².